The zero-order valence-electron chi connectivity index (χ0n) is 6.33. The minimum absolute atomic E-state index is 0.212. The summed E-state index contributed by atoms with van der Waals surface area (Å²) in [6.07, 6.45) is 0. The van der Waals surface area contributed by atoms with E-state index in [-0.39, 0.29) is 12.3 Å². The summed E-state index contributed by atoms with van der Waals surface area (Å²) in [5, 5.41) is 11.4. The Kier molecular flexibility index (Phi) is 4.49. The molecule has 0 bridgehead atoms. The Morgan fingerprint density at radius 2 is 2.36 bits per heavy atom. The van der Waals surface area contributed by atoms with Crippen LogP contribution in [0.15, 0.2) is 5.16 Å². The molecule has 0 N–H and O–H groups in total. The molecule has 0 atom stereocenters. The zero-order chi connectivity index (χ0) is 8.69. The van der Waals surface area contributed by atoms with Gasteiger partial charge in [0.25, 0.3) is 5.71 Å². The molecule has 0 aromatic rings. The second-order valence-electron chi connectivity index (χ2n) is 1.45. The molecular weight excluding hydrogens is 148 g/mol. The van der Waals surface area contributed by atoms with Crippen molar-refractivity contribution < 1.29 is 14.4 Å². The molecule has 0 aliphatic carbocycles. The molecule has 0 saturated heterocycles. The highest BCUT2D eigenvalue weighted by molar-refractivity contribution is 6.42. The Morgan fingerprint density at radius 3 is 2.73 bits per heavy atom. The molecule has 0 unspecified atom stereocenters. The molecule has 60 valence electrons. The van der Waals surface area contributed by atoms with Crippen LogP contribution in [-0.2, 0) is 14.4 Å². The number of nitriles is 1. The van der Waals surface area contributed by atoms with Gasteiger partial charge in [-0.1, -0.05) is 5.16 Å². The second kappa shape index (κ2) is 5.23. The van der Waals surface area contributed by atoms with Crippen LogP contribution in [0.5, 0.6) is 0 Å². The fourth-order valence-corrected chi connectivity index (χ4v) is 0.394. The fraction of sp³-hybridized carbons (Fsp3) is 0.500. The Balaban J connectivity index is 4.18. The van der Waals surface area contributed by atoms with Gasteiger partial charge in [0.05, 0.1) is 6.61 Å². The molecule has 0 aromatic carbocycles. The highest BCUT2D eigenvalue weighted by atomic mass is 16.6. The minimum Gasteiger partial charge on any atom is -0.461 e. The Morgan fingerprint density at radius 1 is 1.73 bits per heavy atom. The highest BCUT2D eigenvalue weighted by Gasteiger charge is 2.11. The molecule has 0 aliphatic rings. The number of carbonyl (C=O) groups excluding carboxylic acids is 1. The molecule has 0 fully saturated rings. The summed E-state index contributed by atoms with van der Waals surface area (Å²) in [6.45, 7) is 1.85. The predicted molar refractivity (Wildman–Crippen MR) is 36.7 cm³/mol. The van der Waals surface area contributed by atoms with E-state index in [1.54, 1.807) is 6.92 Å². The van der Waals surface area contributed by atoms with Crippen molar-refractivity contribution in [3.63, 3.8) is 0 Å². The van der Waals surface area contributed by atoms with E-state index in [0.29, 0.717) is 0 Å². The normalized spacial score (nSPS) is 10.1. The summed E-state index contributed by atoms with van der Waals surface area (Å²) < 4.78 is 4.48. The van der Waals surface area contributed by atoms with Crippen molar-refractivity contribution >= 4 is 11.7 Å². The van der Waals surface area contributed by atoms with E-state index in [1.165, 1.54) is 13.2 Å². The standard InChI is InChI=1S/C6H8N2O3/c1-3-11-6(9)5(4-7)8-10-2/h3H2,1-2H3. The monoisotopic (exact) mass is 156 g/mol. The predicted octanol–water partition coefficient (Wildman–Crippen LogP) is 0.0755. The van der Waals surface area contributed by atoms with Gasteiger partial charge in [-0.3, -0.25) is 0 Å². The molecule has 0 aliphatic heterocycles. The van der Waals surface area contributed by atoms with Gasteiger partial charge >= 0.3 is 5.97 Å². The van der Waals surface area contributed by atoms with Crippen molar-refractivity contribution in [3.8, 4) is 6.07 Å². The van der Waals surface area contributed by atoms with Gasteiger partial charge < -0.3 is 9.57 Å². The van der Waals surface area contributed by atoms with Crippen molar-refractivity contribution in [2.24, 2.45) is 5.16 Å². The molecular formula is C6H8N2O3. The summed E-state index contributed by atoms with van der Waals surface area (Å²) in [7, 11) is 1.25. The average molecular weight is 156 g/mol. The summed E-state index contributed by atoms with van der Waals surface area (Å²) in [6, 6.07) is 1.54. The molecule has 5 heteroatoms. The molecule has 0 spiro atoms. The first kappa shape index (κ1) is 9.43. The average Bonchev–Trinajstić information content (AvgIpc) is 2.00. The lowest BCUT2D eigenvalue weighted by Crippen LogP contribution is -2.15. The van der Waals surface area contributed by atoms with Gasteiger partial charge in [0.15, 0.2) is 0 Å². The van der Waals surface area contributed by atoms with Crippen LogP contribution in [0.4, 0.5) is 0 Å². The van der Waals surface area contributed by atoms with E-state index < -0.39 is 5.97 Å². The smallest absolute Gasteiger partial charge is 0.371 e. The van der Waals surface area contributed by atoms with Gasteiger partial charge in [0.2, 0.25) is 0 Å². The molecule has 0 heterocycles. The van der Waals surface area contributed by atoms with Crippen LogP contribution in [0.2, 0.25) is 0 Å². The van der Waals surface area contributed by atoms with Gasteiger partial charge in [-0.15, -0.1) is 0 Å². The zero-order valence-corrected chi connectivity index (χ0v) is 6.33. The van der Waals surface area contributed by atoms with Crippen molar-refractivity contribution in [2.45, 2.75) is 6.92 Å². The number of rotatable bonds is 3. The maximum absolute atomic E-state index is 10.7. The minimum atomic E-state index is -0.767. The maximum atomic E-state index is 10.7. The number of hydrogen-bond acceptors (Lipinski definition) is 5. The molecule has 0 aromatic heterocycles. The van der Waals surface area contributed by atoms with Crippen LogP contribution in [0, 0.1) is 11.3 Å². The molecule has 0 amide bonds. The summed E-state index contributed by atoms with van der Waals surface area (Å²) in [4.78, 5) is 14.9. The van der Waals surface area contributed by atoms with Crippen LogP contribution in [-0.4, -0.2) is 25.4 Å². The van der Waals surface area contributed by atoms with E-state index in [4.69, 9.17) is 5.26 Å². The van der Waals surface area contributed by atoms with Gasteiger partial charge in [0.1, 0.15) is 13.2 Å². The highest BCUT2D eigenvalue weighted by Crippen LogP contribution is 1.84. The first-order valence-electron chi connectivity index (χ1n) is 2.94. The molecule has 0 rings (SSSR count). The van der Waals surface area contributed by atoms with Gasteiger partial charge in [-0.05, 0) is 6.92 Å². The van der Waals surface area contributed by atoms with Crippen molar-refractivity contribution in [1.82, 2.24) is 0 Å². The summed E-state index contributed by atoms with van der Waals surface area (Å²) in [5.41, 5.74) is -0.380. The van der Waals surface area contributed by atoms with Crippen LogP contribution in [0.25, 0.3) is 0 Å². The number of oxime groups is 1. The largest absolute Gasteiger partial charge is 0.461 e. The summed E-state index contributed by atoms with van der Waals surface area (Å²) in [5.74, 6) is -0.767. The van der Waals surface area contributed by atoms with Gasteiger partial charge in [-0.25, -0.2) is 4.79 Å². The van der Waals surface area contributed by atoms with Crippen molar-refractivity contribution in [3.05, 3.63) is 0 Å². The van der Waals surface area contributed by atoms with E-state index in [0.717, 1.165) is 0 Å². The summed E-state index contributed by atoms with van der Waals surface area (Å²) >= 11 is 0. The van der Waals surface area contributed by atoms with Crippen LogP contribution in [0.3, 0.4) is 0 Å². The lowest BCUT2D eigenvalue weighted by atomic mass is 10.4. The quantitative estimate of drug-likeness (QED) is 0.329. The molecule has 5 nitrogen and oxygen atoms in total. The fourth-order valence-electron chi connectivity index (χ4n) is 0.394. The molecule has 0 saturated carbocycles. The van der Waals surface area contributed by atoms with E-state index in [1.807, 2.05) is 0 Å². The number of hydrogen-bond donors (Lipinski definition) is 0. The first-order valence-corrected chi connectivity index (χ1v) is 2.94. The first-order chi connectivity index (χ1) is 5.26. The topological polar surface area (TPSA) is 71.7 Å². The van der Waals surface area contributed by atoms with Crippen LogP contribution in [0.1, 0.15) is 6.92 Å². The van der Waals surface area contributed by atoms with Crippen LogP contribution >= 0.6 is 0 Å². The van der Waals surface area contributed by atoms with E-state index >= 15 is 0 Å². The Bertz CT molecular complexity index is 204. The van der Waals surface area contributed by atoms with E-state index in [2.05, 4.69) is 14.7 Å². The third kappa shape index (κ3) is 3.20. The number of carbonyl (C=O) groups is 1. The number of esters is 1. The Labute approximate surface area is 64.2 Å². The lowest BCUT2D eigenvalue weighted by molar-refractivity contribution is -0.135. The number of nitrogens with zero attached hydrogens (tertiary/aromatic N) is 2. The van der Waals surface area contributed by atoms with Crippen molar-refractivity contribution in [1.29, 1.82) is 5.26 Å². The van der Waals surface area contributed by atoms with Gasteiger partial charge in [0, 0.05) is 0 Å². The molecule has 0 radical (unpaired) electrons. The van der Waals surface area contributed by atoms with E-state index in [9.17, 15) is 4.79 Å². The third-order valence-corrected chi connectivity index (χ3v) is 0.757. The Hall–Kier alpha value is -1.57. The molecule has 11 heavy (non-hydrogen) atoms. The number of ether oxygens (including phenoxy) is 1. The maximum Gasteiger partial charge on any atom is 0.371 e. The van der Waals surface area contributed by atoms with Crippen LogP contribution < -0.4 is 0 Å². The lowest BCUT2D eigenvalue weighted by Gasteiger charge is -1.96. The third-order valence-electron chi connectivity index (χ3n) is 0.757. The second-order valence-corrected chi connectivity index (χ2v) is 1.45. The van der Waals surface area contributed by atoms with Crippen molar-refractivity contribution in [2.75, 3.05) is 13.7 Å². The van der Waals surface area contributed by atoms with Gasteiger partial charge in [-0.2, -0.15) is 5.26 Å². The SMILES string of the molecule is CCOC(=O)C(C#N)=NOC.